The van der Waals surface area contributed by atoms with E-state index in [1.165, 1.54) is 11.1 Å². The topological polar surface area (TPSA) is 79.5 Å². The summed E-state index contributed by atoms with van der Waals surface area (Å²) in [5, 5.41) is 11.5. The number of carbonyl (C=O) groups excluding carboxylic acids is 1. The fourth-order valence-corrected chi connectivity index (χ4v) is 4.50. The maximum atomic E-state index is 11.4. The fraction of sp³-hybridized carbons (Fsp3) is 0.312. The van der Waals surface area contributed by atoms with E-state index in [1.54, 1.807) is 7.11 Å². The van der Waals surface area contributed by atoms with Crippen LogP contribution < -0.4 is 10.1 Å². The summed E-state index contributed by atoms with van der Waals surface area (Å²) in [4.78, 5) is 13.9. The summed E-state index contributed by atoms with van der Waals surface area (Å²) in [6, 6.07) is 24.3. The molecule has 1 aliphatic heterocycles. The van der Waals surface area contributed by atoms with Gasteiger partial charge in [-0.2, -0.15) is 5.10 Å². The number of para-hydroxylation sites is 1. The zero-order valence-electron chi connectivity index (χ0n) is 22.4. The number of ether oxygens (including phenoxy) is 2. The second kappa shape index (κ2) is 13.2. The van der Waals surface area contributed by atoms with Crippen molar-refractivity contribution in [3.8, 4) is 5.75 Å². The van der Waals surface area contributed by atoms with Crippen molar-refractivity contribution in [3.63, 3.8) is 0 Å². The molecule has 0 atom stereocenters. The number of anilines is 1. The van der Waals surface area contributed by atoms with Crippen LogP contribution in [0.1, 0.15) is 36.1 Å². The molecule has 0 spiro atoms. The van der Waals surface area contributed by atoms with Crippen molar-refractivity contribution in [3.05, 3.63) is 89.6 Å². The minimum absolute atomic E-state index is 0.134. The lowest BCUT2D eigenvalue weighted by molar-refractivity contribution is -0.117. The number of nitrogens with zero attached hydrogens (tertiary/aromatic N) is 2. The van der Waals surface area contributed by atoms with Crippen LogP contribution in [0.25, 0.3) is 23.1 Å². The molecule has 202 valence electrons. The molecule has 1 saturated carbocycles. The predicted molar refractivity (Wildman–Crippen MR) is 157 cm³/mol. The highest BCUT2D eigenvalue weighted by molar-refractivity contribution is 5.94. The summed E-state index contributed by atoms with van der Waals surface area (Å²) in [7, 11) is 1.62. The number of hydrogen-bond donors (Lipinski definition) is 2. The number of fused-ring (bicyclic) bond motifs is 1. The number of rotatable bonds is 7. The Kier molecular flexibility index (Phi) is 9.04. The van der Waals surface area contributed by atoms with Gasteiger partial charge in [-0.15, -0.1) is 0 Å². The van der Waals surface area contributed by atoms with Gasteiger partial charge in [-0.3, -0.25) is 14.8 Å². The summed E-state index contributed by atoms with van der Waals surface area (Å²) in [5.74, 6) is 1.18. The first-order valence-corrected chi connectivity index (χ1v) is 13.6. The van der Waals surface area contributed by atoms with Crippen LogP contribution in [0, 0.1) is 5.92 Å². The summed E-state index contributed by atoms with van der Waals surface area (Å²) in [6.45, 7) is 4.87. The number of amides is 1. The number of nitrogens with one attached hydrogen (secondary N) is 2. The zero-order chi connectivity index (χ0) is 26.9. The van der Waals surface area contributed by atoms with Gasteiger partial charge >= 0.3 is 0 Å². The number of aromatic nitrogens is 2. The van der Waals surface area contributed by atoms with Gasteiger partial charge in [0.25, 0.3) is 0 Å². The average molecular weight is 525 g/mol. The van der Waals surface area contributed by atoms with Gasteiger partial charge in [-0.05, 0) is 66.8 Å². The van der Waals surface area contributed by atoms with Crippen LogP contribution in [0.15, 0.2) is 72.8 Å². The molecule has 2 fully saturated rings. The molecule has 2 N–H and O–H groups in total. The van der Waals surface area contributed by atoms with Crippen LogP contribution in [-0.2, 0) is 16.1 Å². The van der Waals surface area contributed by atoms with E-state index in [1.807, 2.05) is 42.5 Å². The van der Waals surface area contributed by atoms with Gasteiger partial charge in [-0.1, -0.05) is 48.5 Å². The van der Waals surface area contributed by atoms with Crippen molar-refractivity contribution < 1.29 is 14.3 Å². The Labute approximate surface area is 229 Å². The lowest BCUT2D eigenvalue weighted by Crippen LogP contribution is -2.25. The van der Waals surface area contributed by atoms with E-state index in [9.17, 15) is 4.79 Å². The van der Waals surface area contributed by atoms with E-state index in [-0.39, 0.29) is 11.8 Å². The minimum Gasteiger partial charge on any atom is -0.497 e. The second-order valence-corrected chi connectivity index (χ2v) is 9.96. The molecule has 1 amide bonds. The quantitative estimate of drug-likeness (QED) is 0.310. The molecular weight excluding hydrogens is 488 g/mol. The first-order chi connectivity index (χ1) is 19.2. The summed E-state index contributed by atoms with van der Waals surface area (Å²) >= 11 is 0. The first kappa shape index (κ1) is 26.7. The molecule has 1 aliphatic carbocycles. The van der Waals surface area contributed by atoms with E-state index in [2.05, 4.69) is 62.9 Å². The number of aromatic amines is 1. The van der Waals surface area contributed by atoms with Crippen molar-refractivity contribution in [2.24, 2.45) is 5.92 Å². The second-order valence-electron chi connectivity index (χ2n) is 9.96. The predicted octanol–water partition coefficient (Wildman–Crippen LogP) is 6.00. The molecule has 2 heterocycles. The third-order valence-electron chi connectivity index (χ3n) is 6.94. The molecule has 6 rings (SSSR count). The molecule has 7 nitrogen and oxygen atoms in total. The molecule has 2 aliphatic rings. The van der Waals surface area contributed by atoms with Gasteiger partial charge in [0.15, 0.2) is 0 Å². The molecule has 7 heteroatoms. The Morgan fingerprint density at radius 3 is 2.59 bits per heavy atom. The summed E-state index contributed by atoms with van der Waals surface area (Å²) in [6.07, 6.45) is 7.37. The van der Waals surface area contributed by atoms with E-state index in [0.717, 1.165) is 80.1 Å². The van der Waals surface area contributed by atoms with Crippen molar-refractivity contribution in [1.82, 2.24) is 15.1 Å². The highest BCUT2D eigenvalue weighted by Gasteiger charge is 2.29. The van der Waals surface area contributed by atoms with E-state index in [0.29, 0.717) is 0 Å². The average Bonchev–Trinajstić information content (AvgIpc) is 3.79. The molecule has 4 aromatic rings. The van der Waals surface area contributed by atoms with Gasteiger partial charge in [0.05, 0.1) is 24.9 Å². The Bertz CT molecular complexity index is 1370. The zero-order valence-corrected chi connectivity index (χ0v) is 22.4. The Morgan fingerprint density at radius 1 is 1.03 bits per heavy atom. The Hall–Kier alpha value is -3.94. The Morgan fingerprint density at radius 2 is 1.82 bits per heavy atom. The maximum absolute atomic E-state index is 11.4. The van der Waals surface area contributed by atoms with Crippen molar-refractivity contribution in [2.75, 3.05) is 38.7 Å². The molecule has 39 heavy (non-hydrogen) atoms. The monoisotopic (exact) mass is 524 g/mol. The van der Waals surface area contributed by atoms with Crippen LogP contribution >= 0.6 is 0 Å². The third-order valence-corrected chi connectivity index (χ3v) is 6.94. The Balaban J connectivity index is 0.000000186. The lowest BCUT2D eigenvalue weighted by atomic mass is 10.1. The molecule has 3 aromatic carbocycles. The normalized spacial score (nSPS) is 15.9. The van der Waals surface area contributed by atoms with Crippen LogP contribution in [0.2, 0.25) is 0 Å². The minimum atomic E-state index is 0.134. The van der Waals surface area contributed by atoms with Crippen LogP contribution in [-0.4, -0.2) is 54.4 Å². The maximum Gasteiger partial charge on any atom is 0.227 e. The molecule has 0 radical (unpaired) electrons. The first-order valence-electron chi connectivity index (χ1n) is 13.6. The molecule has 0 unspecified atom stereocenters. The van der Waals surface area contributed by atoms with Crippen molar-refractivity contribution in [1.29, 1.82) is 0 Å². The van der Waals surface area contributed by atoms with E-state index >= 15 is 0 Å². The van der Waals surface area contributed by atoms with Gasteiger partial charge in [0.2, 0.25) is 5.91 Å². The van der Waals surface area contributed by atoms with Crippen LogP contribution in [0.4, 0.5) is 5.69 Å². The molecule has 1 aromatic heterocycles. The van der Waals surface area contributed by atoms with Crippen LogP contribution in [0.5, 0.6) is 5.75 Å². The number of carbonyl (C=O) groups is 1. The van der Waals surface area contributed by atoms with Crippen LogP contribution in [0.3, 0.4) is 0 Å². The number of hydrogen-bond acceptors (Lipinski definition) is 5. The summed E-state index contributed by atoms with van der Waals surface area (Å²) in [5.41, 5.74) is 5.42. The smallest absolute Gasteiger partial charge is 0.227 e. The SMILES string of the molecule is C(=C\c1n[nH]c2ccccc12)/c1ccc(CN2CCCOCC2)cc1.COc1ccc(NC(=O)C2CC2)cc1. The number of H-pyrrole nitrogens is 1. The number of benzene rings is 3. The largest absolute Gasteiger partial charge is 0.497 e. The van der Waals surface area contributed by atoms with Gasteiger partial charge in [0, 0.05) is 43.2 Å². The standard InChI is InChI=1S/C21H23N3O.C11H13NO2/c1-2-5-20-19(4-1)21(23-22-20)11-10-17-6-8-18(9-7-17)16-24-12-3-14-25-15-13-24;1-14-10-6-4-9(5-7-10)12-11(13)8-2-3-8/h1-2,4-11H,3,12-16H2,(H,22,23);4-8H,2-3H2,1H3,(H,12,13)/b11-10+;. The fourth-order valence-electron chi connectivity index (χ4n) is 4.50. The molecule has 0 bridgehead atoms. The van der Waals surface area contributed by atoms with E-state index < -0.39 is 0 Å². The molecular formula is C32H36N4O3. The van der Waals surface area contributed by atoms with Gasteiger partial charge in [0.1, 0.15) is 5.75 Å². The molecule has 1 saturated heterocycles. The van der Waals surface area contributed by atoms with E-state index in [4.69, 9.17) is 9.47 Å². The summed E-state index contributed by atoms with van der Waals surface area (Å²) < 4.78 is 10.5. The van der Waals surface area contributed by atoms with Crippen molar-refractivity contribution >= 4 is 34.6 Å². The lowest BCUT2D eigenvalue weighted by Gasteiger charge is -2.18. The highest BCUT2D eigenvalue weighted by Crippen LogP contribution is 2.30. The highest BCUT2D eigenvalue weighted by atomic mass is 16.5. The third kappa shape index (κ3) is 7.78. The van der Waals surface area contributed by atoms with Gasteiger partial charge < -0.3 is 14.8 Å². The number of methoxy groups -OCH3 is 1. The van der Waals surface area contributed by atoms with Crippen molar-refractivity contribution in [2.45, 2.75) is 25.8 Å². The van der Waals surface area contributed by atoms with Gasteiger partial charge in [-0.25, -0.2) is 0 Å².